The van der Waals surface area contributed by atoms with Crippen LogP contribution in [0.4, 0.5) is 4.79 Å². The molecule has 0 aliphatic rings. The molecule has 3 atom stereocenters. The lowest BCUT2D eigenvalue weighted by molar-refractivity contribution is -0.137. The van der Waals surface area contributed by atoms with Gasteiger partial charge in [0, 0.05) is 25.0 Å². The van der Waals surface area contributed by atoms with Crippen LogP contribution in [0.15, 0.2) is 158 Å². The fourth-order valence-corrected chi connectivity index (χ4v) is 7.28. The van der Waals surface area contributed by atoms with Gasteiger partial charge in [-0.3, -0.25) is 14.4 Å². The molecule has 5 aromatic carbocycles. The second-order valence-corrected chi connectivity index (χ2v) is 15.8. The summed E-state index contributed by atoms with van der Waals surface area (Å²) in [5, 5.41) is 11.9. The summed E-state index contributed by atoms with van der Waals surface area (Å²) in [4.78, 5) is 68.2. The summed E-state index contributed by atoms with van der Waals surface area (Å²) < 4.78 is 10.6. The summed E-state index contributed by atoms with van der Waals surface area (Å²) in [7, 11) is 0. The highest BCUT2D eigenvalue weighted by molar-refractivity contribution is 5.92. The van der Waals surface area contributed by atoms with Crippen LogP contribution in [-0.4, -0.2) is 54.5 Å². The first kappa shape index (κ1) is 47.0. The predicted molar refractivity (Wildman–Crippen MR) is 244 cm³/mol. The molecule has 63 heavy (non-hydrogen) atoms. The number of alkyl carbamates (subject to hydrolysis) is 1. The number of hydrogen-bond acceptors (Lipinski definition) is 7. The van der Waals surface area contributed by atoms with E-state index in [1.807, 2.05) is 166 Å². The summed E-state index contributed by atoms with van der Waals surface area (Å²) in [5.41, 5.74) is 4.11. The highest BCUT2D eigenvalue weighted by Crippen LogP contribution is 2.37. The van der Waals surface area contributed by atoms with Crippen LogP contribution >= 0.6 is 0 Å². The molecule has 328 valence electrons. The number of amides is 4. The van der Waals surface area contributed by atoms with E-state index in [-0.39, 0.29) is 50.7 Å². The van der Waals surface area contributed by atoms with Crippen molar-refractivity contribution in [2.24, 2.45) is 5.92 Å². The Labute approximate surface area is 370 Å². The van der Waals surface area contributed by atoms with E-state index in [0.29, 0.717) is 0 Å². The van der Waals surface area contributed by atoms with E-state index < -0.39 is 47.5 Å². The number of rotatable bonds is 21. The van der Waals surface area contributed by atoms with Gasteiger partial charge in [0.05, 0.1) is 6.61 Å². The van der Waals surface area contributed by atoms with E-state index in [1.165, 1.54) is 12.2 Å². The lowest BCUT2D eigenvalue weighted by atomic mass is 9.77. The third-order valence-electron chi connectivity index (χ3n) is 10.4. The molecule has 11 nitrogen and oxygen atoms in total. The van der Waals surface area contributed by atoms with Gasteiger partial charge in [0.25, 0.3) is 0 Å². The maximum Gasteiger partial charge on any atom is 0.408 e. The van der Waals surface area contributed by atoms with E-state index in [9.17, 15) is 24.0 Å². The molecule has 0 unspecified atom stereocenters. The Morgan fingerprint density at radius 3 is 1.67 bits per heavy atom. The molecule has 0 spiro atoms. The van der Waals surface area contributed by atoms with Gasteiger partial charge in [0.1, 0.15) is 24.2 Å². The van der Waals surface area contributed by atoms with Gasteiger partial charge in [-0.2, -0.15) is 0 Å². The minimum atomic E-state index is -1.11. The fourth-order valence-electron chi connectivity index (χ4n) is 7.28. The van der Waals surface area contributed by atoms with Crippen molar-refractivity contribution in [3.63, 3.8) is 0 Å². The predicted octanol–water partition coefficient (Wildman–Crippen LogP) is 7.86. The first-order valence-corrected chi connectivity index (χ1v) is 21.4. The van der Waals surface area contributed by atoms with Crippen molar-refractivity contribution in [1.82, 2.24) is 21.3 Å². The second kappa shape index (κ2) is 23.8. The second-order valence-electron chi connectivity index (χ2n) is 15.8. The Bertz CT molecular complexity index is 2150. The van der Waals surface area contributed by atoms with Gasteiger partial charge < -0.3 is 30.7 Å². The minimum Gasteiger partial charge on any atom is -0.463 e. The zero-order valence-corrected chi connectivity index (χ0v) is 36.4. The van der Waals surface area contributed by atoms with Gasteiger partial charge in [0.15, 0.2) is 0 Å². The number of ether oxygens (including phenoxy) is 2. The van der Waals surface area contributed by atoms with Crippen LogP contribution in [0.1, 0.15) is 73.4 Å². The van der Waals surface area contributed by atoms with Gasteiger partial charge in [-0.25, -0.2) is 9.59 Å². The Morgan fingerprint density at radius 1 is 0.619 bits per heavy atom. The van der Waals surface area contributed by atoms with E-state index >= 15 is 0 Å². The smallest absolute Gasteiger partial charge is 0.408 e. The van der Waals surface area contributed by atoms with Crippen molar-refractivity contribution in [2.45, 2.75) is 83.6 Å². The quantitative estimate of drug-likeness (QED) is 0.0334. The van der Waals surface area contributed by atoms with Gasteiger partial charge in [-0.15, -0.1) is 0 Å². The van der Waals surface area contributed by atoms with E-state index in [2.05, 4.69) is 21.3 Å². The molecular weight excluding hydrogens is 793 g/mol. The molecule has 0 bridgehead atoms. The van der Waals surface area contributed by atoms with Gasteiger partial charge >= 0.3 is 12.1 Å². The van der Waals surface area contributed by atoms with Gasteiger partial charge in [0.2, 0.25) is 17.7 Å². The van der Waals surface area contributed by atoms with Crippen LogP contribution in [-0.2, 0) is 47.2 Å². The SMILES string of the molecule is CCOC(=O)/C=C/[C@H](CCC(=O)NC(c1ccccc1)(c1ccccc1)c1ccccc1)NC(=O)[C@H](Cc1ccc(C)cc1)NC(=O)[C@H](CC(C)C)NC(=O)OCc1ccccc1. The number of hydrogen-bond donors (Lipinski definition) is 4. The van der Waals surface area contributed by atoms with Crippen LogP contribution < -0.4 is 21.3 Å². The van der Waals surface area contributed by atoms with Gasteiger partial charge in [-0.05, 0) is 60.4 Å². The number of carbonyl (C=O) groups excluding carboxylic acids is 5. The Hall–Kier alpha value is -7.01. The van der Waals surface area contributed by atoms with Crippen molar-refractivity contribution in [1.29, 1.82) is 0 Å². The molecule has 0 saturated carbocycles. The maximum atomic E-state index is 14.4. The van der Waals surface area contributed by atoms with E-state index in [0.717, 1.165) is 33.4 Å². The van der Waals surface area contributed by atoms with Crippen molar-refractivity contribution in [3.8, 4) is 0 Å². The molecule has 11 heteroatoms. The zero-order valence-electron chi connectivity index (χ0n) is 36.4. The number of aryl methyl sites for hydroxylation is 1. The maximum absolute atomic E-state index is 14.4. The first-order valence-electron chi connectivity index (χ1n) is 21.4. The van der Waals surface area contributed by atoms with E-state index in [4.69, 9.17) is 9.47 Å². The van der Waals surface area contributed by atoms with Crippen LogP contribution in [0.2, 0.25) is 0 Å². The standard InChI is InChI=1S/C52H58N4O7/c1-5-62-48(58)33-31-44(30-32-47(57)56-52(41-20-12-7-13-21-41,42-22-14-8-15-23-42)43-24-16-9-17-25-43)53-49(59)46(35-39-28-26-38(4)27-29-39)54-50(60)45(34-37(2)3)55-51(61)63-36-40-18-10-6-11-19-40/h6-29,31,33,37,44-46H,5,30,32,34-36H2,1-4H3,(H,53,59)(H,54,60)(H,55,61)(H,56,57)/b33-31+/t44-,45-,46-/m0/s1. The summed E-state index contributed by atoms with van der Waals surface area (Å²) >= 11 is 0. The fraction of sp³-hybridized carbons (Fsp3) is 0.288. The van der Waals surface area contributed by atoms with Crippen molar-refractivity contribution < 1.29 is 33.4 Å². The highest BCUT2D eigenvalue weighted by atomic mass is 16.5. The normalized spacial score (nSPS) is 12.7. The van der Waals surface area contributed by atoms with Crippen molar-refractivity contribution >= 4 is 29.8 Å². The third-order valence-corrected chi connectivity index (χ3v) is 10.4. The van der Waals surface area contributed by atoms with Crippen molar-refractivity contribution in [2.75, 3.05) is 6.61 Å². The minimum absolute atomic E-state index is 0.00694. The Kier molecular flexibility index (Phi) is 17.8. The molecule has 0 aromatic heterocycles. The van der Waals surface area contributed by atoms with Crippen molar-refractivity contribution in [3.05, 3.63) is 191 Å². The molecule has 0 aliphatic heterocycles. The summed E-state index contributed by atoms with van der Waals surface area (Å²) in [6.45, 7) is 7.67. The number of esters is 1. The number of benzene rings is 5. The number of nitrogens with one attached hydrogen (secondary N) is 4. The Morgan fingerprint density at radius 2 is 1.14 bits per heavy atom. The molecule has 5 aromatic rings. The van der Waals surface area contributed by atoms with Crippen LogP contribution in [0, 0.1) is 12.8 Å². The summed E-state index contributed by atoms with van der Waals surface area (Å²) in [5.74, 6) is -2.02. The molecule has 0 heterocycles. The molecule has 5 rings (SSSR count). The molecular formula is C52H58N4O7. The molecule has 0 fully saturated rings. The average Bonchev–Trinajstić information content (AvgIpc) is 3.29. The highest BCUT2D eigenvalue weighted by Gasteiger charge is 2.38. The van der Waals surface area contributed by atoms with Crippen LogP contribution in [0.25, 0.3) is 0 Å². The largest absolute Gasteiger partial charge is 0.463 e. The monoisotopic (exact) mass is 850 g/mol. The molecule has 4 N–H and O–H groups in total. The average molecular weight is 851 g/mol. The molecule has 0 radical (unpaired) electrons. The first-order chi connectivity index (χ1) is 30.5. The lowest BCUT2D eigenvalue weighted by Crippen LogP contribution is -2.55. The van der Waals surface area contributed by atoms with Gasteiger partial charge in [-0.1, -0.05) is 171 Å². The number of carbonyl (C=O) groups is 5. The third kappa shape index (κ3) is 14.3. The van der Waals surface area contributed by atoms with Crippen LogP contribution in [0.5, 0.6) is 0 Å². The molecule has 4 amide bonds. The molecule has 0 saturated heterocycles. The van der Waals surface area contributed by atoms with Crippen LogP contribution in [0.3, 0.4) is 0 Å². The summed E-state index contributed by atoms with van der Waals surface area (Å²) in [6, 6.07) is 43.0. The molecule has 0 aliphatic carbocycles. The zero-order chi connectivity index (χ0) is 45.0. The summed E-state index contributed by atoms with van der Waals surface area (Å²) in [6.07, 6.45) is 2.40. The topological polar surface area (TPSA) is 152 Å². The lowest BCUT2D eigenvalue weighted by Gasteiger charge is -2.37. The Balaban J connectivity index is 1.39. The van der Waals surface area contributed by atoms with E-state index in [1.54, 1.807) is 6.92 Å².